The second-order valence-corrected chi connectivity index (χ2v) is 2.89. The molecule has 0 saturated heterocycles. The standard InChI is InChI=1S/C8H12O2/c9-5-8(6-10)7-3-1-2-4-7/h5-8H,1-4H2. The SMILES string of the molecule is O=CC(C=O)C1CCCC1. The molecule has 0 atom stereocenters. The van der Waals surface area contributed by atoms with Crippen LogP contribution in [0.5, 0.6) is 0 Å². The Morgan fingerprint density at radius 1 is 1.10 bits per heavy atom. The van der Waals surface area contributed by atoms with Crippen molar-refractivity contribution in [3.05, 3.63) is 0 Å². The van der Waals surface area contributed by atoms with E-state index >= 15 is 0 Å². The van der Waals surface area contributed by atoms with Gasteiger partial charge >= 0.3 is 0 Å². The highest BCUT2D eigenvalue weighted by molar-refractivity contribution is 5.77. The molecule has 10 heavy (non-hydrogen) atoms. The molecule has 2 heteroatoms. The summed E-state index contributed by atoms with van der Waals surface area (Å²) in [5.41, 5.74) is 0. The van der Waals surface area contributed by atoms with Crippen LogP contribution < -0.4 is 0 Å². The largest absolute Gasteiger partial charge is 0.303 e. The van der Waals surface area contributed by atoms with Gasteiger partial charge in [-0.1, -0.05) is 12.8 Å². The van der Waals surface area contributed by atoms with E-state index in [0.717, 1.165) is 25.4 Å². The molecule has 0 aromatic rings. The van der Waals surface area contributed by atoms with Crippen molar-refractivity contribution in [1.82, 2.24) is 0 Å². The van der Waals surface area contributed by atoms with Gasteiger partial charge < -0.3 is 9.59 Å². The summed E-state index contributed by atoms with van der Waals surface area (Å²) in [5.74, 6) is 0.0394. The van der Waals surface area contributed by atoms with Crippen molar-refractivity contribution in [2.45, 2.75) is 25.7 Å². The normalized spacial score (nSPS) is 19.7. The summed E-state index contributed by atoms with van der Waals surface area (Å²) >= 11 is 0. The molecule has 2 nitrogen and oxygen atoms in total. The van der Waals surface area contributed by atoms with Gasteiger partial charge in [0.05, 0.1) is 5.92 Å². The van der Waals surface area contributed by atoms with Crippen molar-refractivity contribution < 1.29 is 9.59 Å². The first-order chi connectivity index (χ1) is 4.88. The summed E-state index contributed by atoms with van der Waals surface area (Å²) < 4.78 is 0. The summed E-state index contributed by atoms with van der Waals surface area (Å²) in [6.45, 7) is 0. The lowest BCUT2D eigenvalue weighted by Gasteiger charge is -2.08. The van der Waals surface area contributed by atoms with Gasteiger partial charge in [0.2, 0.25) is 0 Å². The van der Waals surface area contributed by atoms with Crippen LogP contribution in [0.25, 0.3) is 0 Å². The van der Waals surface area contributed by atoms with Crippen LogP contribution in [0.15, 0.2) is 0 Å². The van der Waals surface area contributed by atoms with Crippen LogP contribution >= 0.6 is 0 Å². The molecular formula is C8H12O2. The molecule has 0 unspecified atom stereocenters. The number of hydrogen-bond acceptors (Lipinski definition) is 2. The quantitative estimate of drug-likeness (QED) is 0.436. The molecule has 0 spiro atoms. The monoisotopic (exact) mass is 140 g/mol. The molecule has 1 aliphatic rings. The second-order valence-electron chi connectivity index (χ2n) is 2.89. The fraction of sp³-hybridized carbons (Fsp3) is 0.750. The molecular weight excluding hydrogens is 128 g/mol. The van der Waals surface area contributed by atoms with Crippen molar-refractivity contribution in [1.29, 1.82) is 0 Å². The average Bonchev–Trinajstić information content (AvgIpc) is 2.43. The van der Waals surface area contributed by atoms with Crippen LogP contribution in [0, 0.1) is 11.8 Å². The highest BCUT2D eigenvalue weighted by atomic mass is 16.1. The van der Waals surface area contributed by atoms with Crippen LogP contribution in [0.4, 0.5) is 0 Å². The van der Waals surface area contributed by atoms with E-state index in [1.54, 1.807) is 0 Å². The summed E-state index contributed by atoms with van der Waals surface area (Å²) in [7, 11) is 0. The van der Waals surface area contributed by atoms with Crippen LogP contribution in [0.2, 0.25) is 0 Å². The maximum atomic E-state index is 10.3. The van der Waals surface area contributed by atoms with E-state index in [-0.39, 0.29) is 5.92 Å². The van der Waals surface area contributed by atoms with E-state index in [0.29, 0.717) is 5.92 Å². The molecule has 0 amide bonds. The third-order valence-electron chi connectivity index (χ3n) is 2.26. The number of carbonyl (C=O) groups is 2. The molecule has 0 bridgehead atoms. The van der Waals surface area contributed by atoms with Gasteiger partial charge in [-0.3, -0.25) is 0 Å². The molecule has 0 heterocycles. The molecule has 0 radical (unpaired) electrons. The Morgan fingerprint density at radius 3 is 2.00 bits per heavy atom. The fourth-order valence-electron chi connectivity index (χ4n) is 1.60. The van der Waals surface area contributed by atoms with Crippen LogP contribution in [-0.2, 0) is 9.59 Å². The van der Waals surface area contributed by atoms with Crippen molar-refractivity contribution in [2.24, 2.45) is 11.8 Å². The minimum atomic E-state index is -0.317. The second kappa shape index (κ2) is 3.49. The summed E-state index contributed by atoms with van der Waals surface area (Å²) in [4.78, 5) is 20.6. The fourth-order valence-corrected chi connectivity index (χ4v) is 1.60. The van der Waals surface area contributed by atoms with Crippen molar-refractivity contribution in [3.63, 3.8) is 0 Å². The lowest BCUT2D eigenvalue weighted by Crippen LogP contribution is -2.13. The van der Waals surface area contributed by atoms with E-state index in [2.05, 4.69) is 0 Å². The maximum absolute atomic E-state index is 10.3. The van der Waals surface area contributed by atoms with Gasteiger partial charge in [-0.25, -0.2) is 0 Å². The first kappa shape index (κ1) is 7.45. The molecule has 1 fully saturated rings. The van der Waals surface area contributed by atoms with Gasteiger partial charge in [-0.15, -0.1) is 0 Å². The van der Waals surface area contributed by atoms with Gasteiger partial charge in [0.15, 0.2) is 0 Å². The zero-order valence-corrected chi connectivity index (χ0v) is 5.95. The number of hydrogen-bond donors (Lipinski definition) is 0. The van der Waals surface area contributed by atoms with Gasteiger partial charge in [0.1, 0.15) is 12.6 Å². The number of carbonyl (C=O) groups excluding carboxylic acids is 2. The lowest BCUT2D eigenvalue weighted by atomic mass is 9.94. The smallest absolute Gasteiger partial charge is 0.130 e. The Hall–Kier alpha value is -0.660. The minimum absolute atomic E-state index is 0.317. The summed E-state index contributed by atoms with van der Waals surface area (Å²) in [5, 5.41) is 0. The van der Waals surface area contributed by atoms with E-state index in [1.807, 2.05) is 0 Å². The predicted octanol–water partition coefficient (Wildman–Crippen LogP) is 1.19. The van der Waals surface area contributed by atoms with Gasteiger partial charge in [0, 0.05) is 0 Å². The molecule has 1 rings (SSSR count). The Balaban J connectivity index is 2.43. The number of aldehydes is 2. The first-order valence-electron chi connectivity index (χ1n) is 3.79. The molecule has 0 aromatic carbocycles. The van der Waals surface area contributed by atoms with Gasteiger partial charge in [-0.05, 0) is 18.8 Å². The van der Waals surface area contributed by atoms with Crippen molar-refractivity contribution in [3.8, 4) is 0 Å². The Bertz CT molecular complexity index is 117. The Kier molecular flexibility index (Phi) is 2.60. The third-order valence-corrected chi connectivity index (χ3v) is 2.26. The lowest BCUT2D eigenvalue weighted by molar-refractivity contribution is -0.121. The molecule has 0 aromatic heterocycles. The number of rotatable bonds is 3. The van der Waals surface area contributed by atoms with E-state index in [9.17, 15) is 9.59 Å². The highest BCUT2D eigenvalue weighted by Gasteiger charge is 2.23. The summed E-state index contributed by atoms with van der Waals surface area (Å²) in [6, 6.07) is 0. The Morgan fingerprint density at radius 2 is 1.60 bits per heavy atom. The molecule has 56 valence electrons. The minimum Gasteiger partial charge on any atom is -0.303 e. The van der Waals surface area contributed by atoms with E-state index in [1.165, 1.54) is 12.8 Å². The first-order valence-corrected chi connectivity index (χ1v) is 3.79. The molecule has 0 N–H and O–H groups in total. The zero-order valence-electron chi connectivity index (χ0n) is 5.95. The average molecular weight is 140 g/mol. The molecule has 1 aliphatic carbocycles. The third kappa shape index (κ3) is 1.43. The highest BCUT2D eigenvalue weighted by Crippen LogP contribution is 2.29. The topological polar surface area (TPSA) is 34.1 Å². The van der Waals surface area contributed by atoms with Gasteiger partial charge in [-0.2, -0.15) is 0 Å². The van der Waals surface area contributed by atoms with Crippen molar-refractivity contribution in [2.75, 3.05) is 0 Å². The molecule has 0 aliphatic heterocycles. The zero-order chi connectivity index (χ0) is 7.40. The van der Waals surface area contributed by atoms with Crippen molar-refractivity contribution >= 4 is 12.6 Å². The Labute approximate surface area is 60.6 Å². The molecule has 1 saturated carbocycles. The maximum Gasteiger partial charge on any atom is 0.130 e. The summed E-state index contributed by atoms with van der Waals surface area (Å²) in [6.07, 6.45) is 6.04. The van der Waals surface area contributed by atoms with Crippen LogP contribution in [0.1, 0.15) is 25.7 Å². The van der Waals surface area contributed by atoms with Crippen LogP contribution in [0.3, 0.4) is 0 Å². The van der Waals surface area contributed by atoms with Crippen LogP contribution in [-0.4, -0.2) is 12.6 Å². The van der Waals surface area contributed by atoms with E-state index < -0.39 is 0 Å². The van der Waals surface area contributed by atoms with Gasteiger partial charge in [0.25, 0.3) is 0 Å². The predicted molar refractivity (Wildman–Crippen MR) is 37.6 cm³/mol. The van der Waals surface area contributed by atoms with E-state index in [4.69, 9.17) is 0 Å².